The van der Waals surface area contributed by atoms with Gasteiger partial charge in [-0.1, -0.05) is 26.0 Å². The maximum atomic E-state index is 12.0. The Kier molecular flexibility index (Phi) is 5.16. The SMILES string of the molecule is CCC(N)(CC)C(=O)NCc1cccc(OC)c1. The third-order valence-electron chi connectivity index (χ3n) is 3.30. The van der Waals surface area contributed by atoms with Crippen molar-refractivity contribution in [2.75, 3.05) is 7.11 Å². The Morgan fingerprint density at radius 3 is 2.61 bits per heavy atom. The van der Waals surface area contributed by atoms with E-state index < -0.39 is 5.54 Å². The monoisotopic (exact) mass is 250 g/mol. The van der Waals surface area contributed by atoms with Crippen LogP contribution < -0.4 is 15.8 Å². The van der Waals surface area contributed by atoms with Gasteiger partial charge in [0.1, 0.15) is 5.75 Å². The predicted molar refractivity (Wildman–Crippen MR) is 72.3 cm³/mol. The molecule has 1 aromatic rings. The van der Waals surface area contributed by atoms with Crippen molar-refractivity contribution in [2.45, 2.75) is 38.8 Å². The lowest BCUT2D eigenvalue weighted by Gasteiger charge is -2.25. The summed E-state index contributed by atoms with van der Waals surface area (Å²) in [7, 11) is 1.62. The molecule has 0 aliphatic carbocycles. The number of carbonyl (C=O) groups excluding carboxylic acids is 1. The first-order chi connectivity index (χ1) is 8.55. The summed E-state index contributed by atoms with van der Waals surface area (Å²) in [5.41, 5.74) is 6.26. The van der Waals surface area contributed by atoms with Crippen molar-refractivity contribution in [1.82, 2.24) is 5.32 Å². The van der Waals surface area contributed by atoms with Gasteiger partial charge in [-0.2, -0.15) is 0 Å². The summed E-state index contributed by atoms with van der Waals surface area (Å²) in [4.78, 5) is 12.0. The molecule has 0 saturated heterocycles. The van der Waals surface area contributed by atoms with E-state index in [-0.39, 0.29) is 5.91 Å². The smallest absolute Gasteiger partial charge is 0.240 e. The van der Waals surface area contributed by atoms with Gasteiger partial charge in [0.15, 0.2) is 0 Å². The normalized spacial score (nSPS) is 11.1. The number of rotatable bonds is 6. The summed E-state index contributed by atoms with van der Waals surface area (Å²) in [5, 5.41) is 2.87. The van der Waals surface area contributed by atoms with Crippen LogP contribution in [0.5, 0.6) is 5.75 Å². The van der Waals surface area contributed by atoms with E-state index in [1.807, 2.05) is 38.1 Å². The number of hydrogen-bond donors (Lipinski definition) is 2. The van der Waals surface area contributed by atoms with Gasteiger partial charge in [0.05, 0.1) is 12.6 Å². The first-order valence-electron chi connectivity index (χ1n) is 6.25. The maximum absolute atomic E-state index is 12.0. The van der Waals surface area contributed by atoms with E-state index in [9.17, 15) is 4.79 Å². The summed E-state index contributed by atoms with van der Waals surface area (Å²) >= 11 is 0. The highest BCUT2D eigenvalue weighted by atomic mass is 16.5. The molecule has 100 valence electrons. The van der Waals surface area contributed by atoms with Crippen molar-refractivity contribution >= 4 is 5.91 Å². The van der Waals surface area contributed by atoms with Gasteiger partial charge in [-0.25, -0.2) is 0 Å². The number of carbonyl (C=O) groups is 1. The van der Waals surface area contributed by atoms with E-state index in [4.69, 9.17) is 10.5 Å². The summed E-state index contributed by atoms with van der Waals surface area (Å²) in [5.74, 6) is 0.682. The molecule has 1 aromatic carbocycles. The number of benzene rings is 1. The van der Waals surface area contributed by atoms with Crippen molar-refractivity contribution in [2.24, 2.45) is 5.73 Å². The minimum Gasteiger partial charge on any atom is -0.497 e. The zero-order chi connectivity index (χ0) is 13.6. The second-order valence-electron chi connectivity index (χ2n) is 4.40. The Balaban J connectivity index is 2.62. The number of amides is 1. The highest BCUT2D eigenvalue weighted by Gasteiger charge is 2.29. The largest absolute Gasteiger partial charge is 0.497 e. The molecular formula is C14H22N2O2. The third-order valence-corrected chi connectivity index (χ3v) is 3.30. The minimum atomic E-state index is -0.765. The summed E-state index contributed by atoms with van der Waals surface area (Å²) in [6.45, 7) is 4.32. The van der Waals surface area contributed by atoms with Crippen LogP contribution in [0.1, 0.15) is 32.3 Å². The van der Waals surface area contributed by atoms with Gasteiger partial charge < -0.3 is 15.8 Å². The Morgan fingerprint density at radius 1 is 1.39 bits per heavy atom. The lowest BCUT2D eigenvalue weighted by molar-refractivity contribution is -0.126. The van der Waals surface area contributed by atoms with Crippen molar-refractivity contribution in [3.05, 3.63) is 29.8 Å². The molecule has 0 aliphatic rings. The van der Waals surface area contributed by atoms with Crippen LogP contribution in [0.3, 0.4) is 0 Å². The van der Waals surface area contributed by atoms with Crippen LogP contribution in [-0.2, 0) is 11.3 Å². The molecule has 0 saturated carbocycles. The molecule has 0 aliphatic heterocycles. The highest BCUT2D eigenvalue weighted by molar-refractivity contribution is 5.85. The number of ether oxygens (including phenoxy) is 1. The van der Waals surface area contributed by atoms with Crippen LogP contribution in [0.4, 0.5) is 0 Å². The second-order valence-corrected chi connectivity index (χ2v) is 4.40. The van der Waals surface area contributed by atoms with E-state index in [1.165, 1.54) is 0 Å². The number of methoxy groups -OCH3 is 1. The lowest BCUT2D eigenvalue weighted by Crippen LogP contribution is -2.52. The standard InChI is InChI=1S/C14H22N2O2/c1-4-14(15,5-2)13(17)16-10-11-7-6-8-12(9-11)18-3/h6-9H,4-5,10,15H2,1-3H3,(H,16,17). The average molecular weight is 250 g/mol. The molecule has 18 heavy (non-hydrogen) atoms. The summed E-state index contributed by atoms with van der Waals surface area (Å²) in [6.07, 6.45) is 1.26. The van der Waals surface area contributed by atoms with Crippen LogP contribution in [-0.4, -0.2) is 18.6 Å². The minimum absolute atomic E-state index is 0.102. The first-order valence-corrected chi connectivity index (χ1v) is 6.25. The van der Waals surface area contributed by atoms with Crippen LogP contribution in [0.15, 0.2) is 24.3 Å². The Bertz CT molecular complexity index is 401. The molecule has 1 amide bonds. The molecule has 0 fully saturated rings. The van der Waals surface area contributed by atoms with Gasteiger partial charge in [-0.15, -0.1) is 0 Å². The Hall–Kier alpha value is -1.55. The zero-order valence-electron chi connectivity index (χ0n) is 11.3. The van der Waals surface area contributed by atoms with E-state index in [2.05, 4.69) is 5.32 Å². The molecule has 0 spiro atoms. The molecule has 0 radical (unpaired) electrons. The topological polar surface area (TPSA) is 64.4 Å². The number of nitrogens with one attached hydrogen (secondary N) is 1. The molecule has 0 heterocycles. The molecule has 4 heteroatoms. The fourth-order valence-corrected chi connectivity index (χ4v) is 1.71. The molecule has 4 nitrogen and oxygen atoms in total. The average Bonchev–Trinajstić information content (AvgIpc) is 2.43. The highest BCUT2D eigenvalue weighted by Crippen LogP contribution is 2.14. The van der Waals surface area contributed by atoms with Gasteiger partial charge in [0.25, 0.3) is 0 Å². The zero-order valence-corrected chi connectivity index (χ0v) is 11.3. The van der Waals surface area contributed by atoms with Gasteiger partial charge in [-0.05, 0) is 30.5 Å². The summed E-state index contributed by atoms with van der Waals surface area (Å²) < 4.78 is 5.13. The van der Waals surface area contributed by atoms with Gasteiger partial charge in [0.2, 0.25) is 5.91 Å². The van der Waals surface area contributed by atoms with Crippen LogP contribution >= 0.6 is 0 Å². The maximum Gasteiger partial charge on any atom is 0.240 e. The first kappa shape index (κ1) is 14.5. The fraction of sp³-hybridized carbons (Fsp3) is 0.500. The van der Waals surface area contributed by atoms with Gasteiger partial charge in [0, 0.05) is 6.54 Å². The molecule has 0 unspecified atom stereocenters. The van der Waals surface area contributed by atoms with Crippen molar-refractivity contribution in [3.63, 3.8) is 0 Å². The Morgan fingerprint density at radius 2 is 2.06 bits per heavy atom. The quantitative estimate of drug-likeness (QED) is 0.809. The molecule has 0 atom stereocenters. The van der Waals surface area contributed by atoms with E-state index in [0.717, 1.165) is 11.3 Å². The fourth-order valence-electron chi connectivity index (χ4n) is 1.71. The van der Waals surface area contributed by atoms with Crippen molar-refractivity contribution in [3.8, 4) is 5.75 Å². The Labute approximate surface area is 109 Å². The molecule has 3 N–H and O–H groups in total. The second kappa shape index (κ2) is 6.40. The molecular weight excluding hydrogens is 228 g/mol. The van der Waals surface area contributed by atoms with Crippen LogP contribution in [0.2, 0.25) is 0 Å². The van der Waals surface area contributed by atoms with E-state index in [1.54, 1.807) is 7.11 Å². The third kappa shape index (κ3) is 3.47. The van der Waals surface area contributed by atoms with Crippen LogP contribution in [0, 0.1) is 0 Å². The van der Waals surface area contributed by atoms with Crippen LogP contribution in [0.25, 0.3) is 0 Å². The summed E-state index contributed by atoms with van der Waals surface area (Å²) in [6, 6.07) is 7.61. The van der Waals surface area contributed by atoms with Gasteiger partial charge in [-0.3, -0.25) is 4.79 Å². The van der Waals surface area contributed by atoms with E-state index in [0.29, 0.717) is 19.4 Å². The number of nitrogens with two attached hydrogens (primary N) is 1. The van der Waals surface area contributed by atoms with E-state index >= 15 is 0 Å². The molecule has 0 aromatic heterocycles. The van der Waals surface area contributed by atoms with Crippen molar-refractivity contribution < 1.29 is 9.53 Å². The van der Waals surface area contributed by atoms with Gasteiger partial charge >= 0.3 is 0 Å². The number of hydrogen-bond acceptors (Lipinski definition) is 3. The lowest BCUT2D eigenvalue weighted by atomic mass is 9.93. The predicted octanol–water partition coefficient (Wildman–Crippen LogP) is 1.83. The van der Waals surface area contributed by atoms with Crippen molar-refractivity contribution in [1.29, 1.82) is 0 Å². The molecule has 0 bridgehead atoms. The molecule has 1 rings (SSSR count).